The minimum atomic E-state index is 0.695. The van der Waals surface area contributed by atoms with Gasteiger partial charge in [-0.25, -0.2) is 0 Å². The number of rotatable bonds is 4. The fourth-order valence-corrected chi connectivity index (χ4v) is 1.68. The van der Waals surface area contributed by atoms with Crippen molar-refractivity contribution in [1.82, 2.24) is 5.32 Å². The lowest BCUT2D eigenvalue weighted by molar-refractivity contribution is 0.397. The number of hydrogen-bond acceptors (Lipinski definition) is 4. The first-order valence-electron chi connectivity index (χ1n) is 5.07. The smallest absolute Gasteiger partial charge is 0.141 e. The van der Waals surface area contributed by atoms with E-state index in [4.69, 9.17) is 13.9 Å². The molecule has 0 saturated carbocycles. The van der Waals surface area contributed by atoms with Gasteiger partial charge >= 0.3 is 0 Å². The molecule has 0 amide bonds. The molecule has 0 atom stereocenters. The van der Waals surface area contributed by atoms with Crippen molar-refractivity contribution >= 4 is 11.0 Å². The standard InChI is InChI=1S/C12H15NO3/c1-13-7-9-4-10-11(15-3)5-8(14-2)6-12(10)16-9/h4-6,13H,7H2,1-3H3. The molecule has 0 bridgehead atoms. The van der Waals surface area contributed by atoms with E-state index in [9.17, 15) is 0 Å². The van der Waals surface area contributed by atoms with Gasteiger partial charge in [0.1, 0.15) is 22.8 Å². The van der Waals surface area contributed by atoms with E-state index in [1.807, 2.05) is 25.2 Å². The predicted molar refractivity (Wildman–Crippen MR) is 62.1 cm³/mol. The summed E-state index contributed by atoms with van der Waals surface area (Å²) < 4.78 is 16.2. The predicted octanol–water partition coefficient (Wildman–Crippen LogP) is 2.17. The fourth-order valence-electron chi connectivity index (χ4n) is 1.68. The van der Waals surface area contributed by atoms with Gasteiger partial charge in [0.2, 0.25) is 0 Å². The fraction of sp³-hybridized carbons (Fsp3) is 0.333. The molecule has 0 aliphatic heterocycles. The Labute approximate surface area is 94.1 Å². The molecule has 2 rings (SSSR count). The van der Waals surface area contributed by atoms with Crippen molar-refractivity contribution in [3.8, 4) is 11.5 Å². The molecule has 1 heterocycles. The van der Waals surface area contributed by atoms with Crippen LogP contribution < -0.4 is 14.8 Å². The second kappa shape index (κ2) is 4.45. The van der Waals surface area contributed by atoms with Crippen LogP contribution in [0.5, 0.6) is 11.5 Å². The maximum Gasteiger partial charge on any atom is 0.141 e. The topological polar surface area (TPSA) is 43.6 Å². The van der Waals surface area contributed by atoms with E-state index >= 15 is 0 Å². The zero-order chi connectivity index (χ0) is 11.5. The lowest BCUT2D eigenvalue weighted by Crippen LogP contribution is -2.03. The summed E-state index contributed by atoms with van der Waals surface area (Å²) in [6, 6.07) is 5.68. The van der Waals surface area contributed by atoms with E-state index in [0.29, 0.717) is 6.54 Å². The molecule has 4 nitrogen and oxygen atoms in total. The van der Waals surface area contributed by atoms with Crippen LogP contribution in [0.2, 0.25) is 0 Å². The van der Waals surface area contributed by atoms with E-state index in [1.165, 1.54) is 0 Å². The molecule has 0 spiro atoms. The molecule has 0 aliphatic carbocycles. The summed E-state index contributed by atoms with van der Waals surface area (Å²) in [7, 11) is 5.14. The third-order valence-electron chi connectivity index (χ3n) is 2.43. The van der Waals surface area contributed by atoms with Gasteiger partial charge in [-0.2, -0.15) is 0 Å². The van der Waals surface area contributed by atoms with E-state index in [-0.39, 0.29) is 0 Å². The van der Waals surface area contributed by atoms with Crippen molar-refractivity contribution in [2.75, 3.05) is 21.3 Å². The van der Waals surface area contributed by atoms with Crippen LogP contribution in [0.1, 0.15) is 5.76 Å². The Hall–Kier alpha value is -1.68. The zero-order valence-electron chi connectivity index (χ0n) is 9.66. The van der Waals surface area contributed by atoms with Crippen LogP contribution in [0.25, 0.3) is 11.0 Å². The number of fused-ring (bicyclic) bond motifs is 1. The van der Waals surface area contributed by atoms with Gasteiger partial charge < -0.3 is 19.2 Å². The molecular weight excluding hydrogens is 206 g/mol. The summed E-state index contributed by atoms with van der Waals surface area (Å²) in [6.45, 7) is 0.695. The molecule has 1 N–H and O–H groups in total. The highest BCUT2D eigenvalue weighted by Crippen LogP contribution is 2.33. The van der Waals surface area contributed by atoms with Gasteiger partial charge in [-0.15, -0.1) is 0 Å². The SMILES string of the molecule is CNCc1cc2c(OC)cc(OC)cc2o1. The Bertz CT molecular complexity index is 490. The van der Waals surface area contributed by atoms with Crippen LogP contribution in [-0.4, -0.2) is 21.3 Å². The molecule has 1 aromatic carbocycles. The third kappa shape index (κ3) is 1.84. The number of benzene rings is 1. The molecule has 0 unspecified atom stereocenters. The molecule has 0 aliphatic rings. The van der Waals surface area contributed by atoms with E-state index in [2.05, 4.69) is 5.32 Å². The summed E-state index contributed by atoms with van der Waals surface area (Å²) in [5.41, 5.74) is 0.779. The Kier molecular flexibility index (Phi) is 3.01. The molecule has 86 valence electrons. The quantitative estimate of drug-likeness (QED) is 0.859. The van der Waals surface area contributed by atoms with Crippen LogP contribution >= 0.6 is 0 Å². The van der Waals surface area contributed by atoms with Crippen LogP contribution in [0.3, 0.4) is 0 Å². The van der Waals surface area contributed by atoms with Crippen molar-refractivity contribution in [3.05, 3.63) is 24.0 Å². The molecule has 0 radical (unpaired) electrons. The second-order valence-corrected chi connectivity index (χ2v) is 3.48. The minimum absolute atomic E-state index is 0.695. The van der Waals surface area contributed by atoms with Gasteiger partial charge in [0.15, 0.2) is 0 Å². The zero-order valence-corrected chi connectivity index (χ0v) is 9.66. The van der Waals surface area contributed by atoms with Crippen LogP contribution in [0, 0.1) is 0 Å². The highest BCUT2D eigenvalue weighted by molar-refractivity contribution is 5.86. The van der Waals surface area contributed by atoms with Crippen LogP contribution in [0.15, 0.2) is 22.6 Å². The van der Waals surface area contributed by atoms with E-state index in [1.54, 1.807) is 14.2 Å². The van der Waals surface area contributed by atoms with Gasteiger partial charge in [0, 0.05) is 12.1 Å². The molecule has 0 saturated heterocycles. The maximum atomic E-state index is 5.67. The lowest BCUT2D eigenvalue weighted by atomic mass is 10.2. The van der Waals surface area contributed by atoms with Gasteiger partial charge in [0.25, 0.3) is 0 Å². The van der Waals surface area contributed by atoms with Crippen molar-refractivity contribution in [2.24, 2.45) is 0 Å². The van der Waals surface area contributed by atoms with Crippen LogP contribution in [0.4, 0.5) is 0 Å². The summed E-state index contributed by atoms with van der Waals surface area (Å²) in [5, 5.41) is 4.01. The van der Waals surface area contributed by atoms with Crippen molar-refractivity contribution in [1.29, 1.82) is 0 Å². The monoisotopic (exact) mass is 221 g/mol. The van der Waals surface area contributed by atoms with Gasteiger partial charge in [0.05, 0.1) is 26.2 Å². The lowest BCUT2D eigenvalue weighted by Gasteiger charge is -2.04. The van der Waals surface area contributed by atoms with Gasteiger partial charge in [-0.05, 0) is 13.1 Å². The third-order valence-corrected chi connectivity index (χ3v) is 2.43. The number of nitrogens with one attached hydrogen (secondary N) is 1. The number of furan rings is 1. The molecule has 16 heavy (non-hydrogen) atoms. The summed E-state index contributed by atoms with van der Waals surface area (Å²) in [6.07, 6.45) is 0. The van der Waals surface area contributed by atoms with Gasteiger partial charge in [-0.3, -0.25) is 0 Å². The normalized spacial score (nSPS) is 10.7. The number of ether oxygens (including phenoxy) is 2. The van der Waals surface area contributed by atoms with Crippen LogP contribution in [-0.2, 0) is 6.54 Å². The van der Waals surface area contributed by atoms with Crippen molar-refractivity contribution in [3.63, 3.8) is 0 Å². The summed E-state index contributed by atoms with van der Waals surface area (Å²) in [4.78, 5) is 0. The maximum absolute atomic E-state index is 5.67. The first kappa shape index (κ1) is 10.8. The molecular formula is C12H15NO3. The Morgan fingerprint density at radius 2 is 2.00 bits per heavy atom. The highest BCUT2D eigenvalue weighted by Gasteiger charge is 2.10. The van der Waals surface area contributed by atoms with Gasteiger partial charge in [-0.1, -0.05) is 0 Å². The second-order valence-electron chi connectivity index (χ2n) is 3.48. The first-order chi connectivity index (χ1) is 7.78. The number of methoxy groups -OCH3 is 2. The number of hydrogen-bond donors (Lipinski definition) is 1. The average Bonchev–Trinajstić information content (AvgIpc) is 2.70. The van der Waals surface area contributed by atoms with Crippen molar-refractivity contribution in [2.45, 2.75) is 6.54 Å². The van der Waals surface area contributed by atoms with E-state index < -0.39 is 0 Å². The Morgan fingerprint density at radius 3 is 2.62 bits per heavy atom. The summed E-state index contributed by atoms with van der Waals surface area (Å²) in [5.74, 6) is 2.37. The molecule has 0 fully saturated rings. The summed E-state index contributed by atoms with van der Waals surface area (Å²) >= 11 is 0. The van der Waals surface area contributed by atoms with E-state index in [0.717, 1.165) is 28.2 Å². The average molecular weight is 221 g/mol. The Morgan fingerprint density at radius 1 is 1.19 bits per heavy atom. The van der Waals surface area contributed by atoms with Crippen molar-refractivity contribution < 1.29 is 13.9 Å². The Balaban J connectivity index is 2.55. The molecule has 1 aromatic heterocycles. The molecule has 2 aromatic rings. The highest BCUT2D eigenvalue weighted by atomic mass is 16.5. The largest absolute Gasteiger partial charge is 0.496 e. The first-order valence-corrected chi connectivity index (χ1v) is 5.07. The molecule has 4 heteroatoms. The minimum Gasteiger partial charge on any atom is -0.496 e.